The van der Waals surface area contributed by atoms with E-state index in [2.05, 4.69) is 14.9 Å². The molecule has 1 aliphatic heterocycles. The lowest BCUT2D eigenvalue weighted by molar-refractivity contribution is 0.596. The summed E-state index contributed by atoms with van der Waals surface area (Å²) in [6.07, 6.45) is 6.59. The van der Waals surface area contributed by atoms with Crippen LogP contribution in [0.1, 0.15) is 37.1 Å². The largest absolute Gasteiger partial charge is 0.352 e. The third-order valence-corrected chi connectivity index (χ3v) is 3.64. The number of aromatic nitrogens is 2. The molecular weight excluding hydrogens is 234 g/mol. The van der Waals surface area contributed by atoms with Crippen LogP contribution >= 0.6 is 11.6 Å². The number of rotatable bonds is 4. The van der Waals surface area contributed by atoms with Crippen LogP contribution in [0.25, 0.3) is 0 Å². The predicted octanol–water partition coefficient (Wildman–Crippen LogP) is 3.08. The highest BCUT2D eigenvalue weighted by molar-refractivity contribution is 6.17. The Hall–Kier alpha value is -0.830. The van der Waals surface area contributed by atoms with Gasteiger partial charge in [0.2, 0.25) is 0 Å². The minimum Gasteiger partial charge on any atom is -0.352 e. The van der Waals surface area contributed by atoms with Crippen molar-refractivity contribution in [2.45, 2.75) is 45.6 Å². The number of aryl methyl sites for hydroxylation is 2. The van der Waals surface area contributed by atoms with Gasteiger partial charge in [-0.15, -0.1) is 11.6 Å². The van der Waals surface area contributed by atoms with Crippen molar-refractivity contribution in [2.75, 3.05) is 17.3 Å². The zero-order chi connectivity index (χ0) is 12.3. The van der Waals surface area contributed by atoms with Gasteiger partial charge >= 0.3 is 0 Å². The lowest BCUT2D eigenvalue weighted by Crippen LogP contribution is -2.31. The first-order valence-corrected chi connectivity index (χ1v) is 6.88. The first-order valence-electron chi connectivity index (χ1n) is 6.35. The summed E-state index contributed by atoms with van der Waals surface area (Å²) in [6.45, 7) is 5.14. The predicted molar refractivity (Wildman–Crippen MR) is 71.8 cm³/mol. The fraction of sp³-hybridized carbons (Fsp3) is 0.692. The van der Waals surface area contributed by atoms with Gasteiger partial charge < -0.3 is 4.90 Å². The molecule has 0 saturated carbocycles. The summed E-state index contributed by atoms with van der Waals surface area (Å²) in [5.41, 5.74) is 2.03. The van der Waals surface area contributed by atoms with E-state index in [9.17, 15) is 0 Å². The fourth-order valence-corrected chi connectivity index (χ4v) is 2.68. The smallest absolute Gasteiger partial charge is 0.150 e. The summed E-state index contributed by atoms with van der Waals surface area (Å²) >= 11 is 5.78. The quantitative estimate of drug-likeness (QED) is 0.773. The van der Waals surface area contributed by atoms with Crippen LogP contribution in [0.5, 0.6) is 0 Å². The molecule has 1 fully saturated rings. The fourth-order valence-electron chi connectivity index (χ4n) is 2.52. The average Bonchev–Trinajstić information content (AvgIpc) is 2.77. The van der Waals surface area contributed by atoms with E-state index in [1.54, 1.807) is 0 Å². The maximum atomic E-state index is 5.78. The van der Waals surface area contributed by atoms with E-state index in [0.717, 1.165) is 36.1 Å². The Morgan fingerprint density at radius 3 is 3.06 bits per heavy atom. The molecule has 0 N–H and O–H groups in total. The highest BCUT2D eigenvalue weighted by Crippen LogP contribution is 2.28. The standard InChI is InChI=1S/C13H20ClN3/c1-10-9-15-11(2)13(16-10)17-8-4-6-12(17)5-3-7-14/h9,12H,3-8H2,1-2H3. The number of alkyl halides is 1. The summed E-state index contributed by atoms with van der Waals surface area (Å²) in [5.74, 6) is 1.82. The Kier molecular flexibility index (Phi) is 4.21. The van der Waals surface area contributed by atoms with E-state index < -0.39 is 0 Å². The zero-order valence-electron chi connectivity index (χ0n) is 10.6. The van der Waals surface area contributed by atoms with Gasteiger partial charge in [-0.25, -0.2) is 4.98 Å². The molecule has 0 aliphatic carbocycles. The Labute approximate surface area is 108 Å². The molecule has 0 spiro atoms. The Morgan fingerprint density at radius 1 is 1.47 bits per heavy atom. The summed E-state index contributed by atoms with van der Waals surface area (Å²) in [5, 5.41) is 0. The van der Waals surface area contributed by atoms with Gasteiger partial charge in [-0.05, 0) is 39.5 Å². The maximum Gasteiger partial charge on any atom is 0.150 e. The van der Waals surface area contributed by atoms with Crippen molar-refractivity contribution in [1.82, 2.24) is 9.97 Å². The zero-order valence-corrected chi connectivity index (χ0v) is 11.4. The molecule has 0 radical (unpaired) electrons. The second kappa shape index (κ2) is 5.67. The lowest BCUT2D eigenvalue weighted by atomic mass is 10.1. The molecule has 94 valence electrons. The van der Waals surface area contributed by atoms with Crippen molar-refractivity contribution in [3.8, 4) is 0 Å². The van der Waals surface area contributed by atoms with E-state index in [1.165, 1.54) is 19.3 Å². The van der Waals surface area contributed by atoms with E-state index in [-0.39, 0.29) is 0 Å². The Balaban J connectivity index is 2.16. The molecule has 1 atom stereocenters. The van der Waals surface area contributed by atoms with E-state index in [0.29, 0.717) is 6.04 Å². The van der Waals surface area contributed by atoms with Crippen LogP contribution in [-0.4, -0.2) is 28.4 Å². The van der Waals surface area contributed by atoms with Crippen molar-refractivity contribution < 1.29 is 0 Å². The van der Waals surface area contributed by atoms with Crippen LogP contribution in [0.3, 0.4) is 0 Å². The minimum absolute atomic E-state index is 0.601. The molecule has 0 aromatic carbocycles. The molecule has 17 heavy (non-hydrogen) atoms. The summed E-state index contributed by atoms with van der Waals surface area (Å²) < 4.78 is 0. The Morgan fingerprint density at radius 2 is 2.29 bits per heavy atom. The van der Waals surface area contributed by atoms with Crippen LogP contribution in [0.2, 0.25) is 0 Å². The molecule has 1 saturated heterocycles. The van der Waals surface area contributed by atoms with Crippen molar-refractivity contribution >= 4 is 17.4 Å². The molecular formula is C13H20ClN3. The number of hydrogen-bond donors (Lipinski definition) is 0. The van der Waals surface area contributed by atoms with E-state index in [4.69, 9.17) is 11.6 Å². The molecule has 0 bridgehead atoms. The molecule has 1 aromatic rings. The van der Waals surface area contributed by atoms with Gasteiger partial charge in [0.05, 0.1) is 11.4 Å². The summed E-state index contributed by atoms with van der Waals surface area (Å²) in [7, 11) is 0. The van der Waals surface area contributed by atoms with Crippen molar-refractivity contribution in [3.63, 3.8) is 0 Å². The molecule has 2 rings (SSSR count). The second-order valence-electron chi connectivity index (χ2n) is 4.74. The first-order chi connectivity index (χ1) is 8.22. The van der Waals surface area contributed by atoms with Gasteiger partial charge in [0.25, 0.3) is 0 Å². The SMILES string of the molecule is Cc1cnc(C)c(N2CCCC2CCCCl)n1. The molecule has 1 aromatic heterocycles. The van der Waals surface area contributed by atoms with Crippen LogP contribution < -0.4 is 4.90 Å². The lowest BCUT2D eigenvalue weighted by Gasteiger charge is -2.26. The van der Waals surface area contributed by atoms with Gasteiger partial charge in [0, 0.05) is 24.7 Å². The van der Waals surface area contributed by atoms with Crippen molar-refractivity contribution in [1.29, 1.82) is 0 Å². The van der Waals surface area contributed by atoms with Crippen molar-refractivity contribution in [3.05, 3.63) is 17.6 Å². The first kappa shape index (κ1) is 12.6. The minimum atomic E-state index is 0.601. The van der Waals surface area contributed by atoms with Crippen LogP contribution in [0.15, 0.2) is 6.20 Å². The molecule has 1 unspecified atom stereocenters. The second-order valence-corrected chi connectivity index (χ2v) is 5.12. The van der Waals surface area contributed by atoms with E-state index >= 15 is 0 Å². The number of anilines is 1. The van der Waals surface area contributed by atoms with Gasteiger partial charge in [-0.2, -0.15) is 0 Å². The summed E-state index contributed by atoms with van der Waals surface area (Å²) in [4.78, 5) is 11.5. The highest BCUT2D eigenvalue weighted by atomic mass is 35.5. The van der Waals surface area contributed by atoms with Crippen molar-refractivity contribution in [2.24, 2.45) is 0 Å². The van der Waals surface area contributed by atoms with Gasteiger partial charge in [-0.3, -0.25) is 4.98 Å². The van der Waals surface area contributed by atoms with Gasteiger partial charge in [-0.1, -0.05) is 0 Å². The normalized spacial score (nSPS) is 19.9. The molecule has 2 heterocycles. The highest BCUT2D eigenvalue weighted by Gasteiger charge is 2.26. The Bertz CT molecular complexity index is 381. The third-order valence-electron chi connectivity index (χ3n) is 3.37. The van der Waals surface area contributed by atoms with Crippen LogP contribution in [0.4, 0.5) is 5.82 Å². The van der Waals surface area contributed by atoms with Gasteiger partial charge in [0.15, 0.2) is 5.82 Å². The van der Waals surface area contributed by atoms with Crippen LogP contribution in [0, 0.1) is 13.8 Å². The average molecular weight is 254 g/mol. The van der Waals surface area contributed by atoms with Crippen LogP contribution in [-0.2, 0) is 0 Å². The monoisotopic (exact) mass is 253 g/mol. The molecule has 1 aliphatic rings. The number of nitrogens with zero attached hydrogens (tertiary/aromatic N) is 3. The van der Waals surface area contributed by atoms with Gasteiger partial charge in [0.1, 0.15) is 0 Å². The third kappa shape index (κ3) is 2.89. The summed E-state index contributed by atoms with van der Waals surface area (Å²) in [6, 6.07) is 0.601. The van der Waals surface area contributed by atoms with E-state index in [1.807, 2.05) is 20.0 Å². The molecule has 3 nitrogen and oxygen atoms in total. The topological polar surface area (TPSA) is 29.0 Å². The molecule has 0 amide bonds. The number of hydrogen-bond acceptors (Lipinski definition) is 3. The number of halogens is 1. The molecule has 4 heteroatoms. The maximum absolute atomic E-state index is 5.78.